The SMILES string of the molecule is CCCC1(c2[nH]nc(N)c2C(C)C)CC1. The van der Waals surface area contributed by atoms with Crippen LogP contribution in [0.4, 0.5) is 5.82 Å². The van der Waals surface area contributed by atoms with E-state index in [1.165, 1.54) is 36.9 Å². The molecule has 1 aromatic heterocycles. The average molecular weight is 207 g/mol. The molecule has 0 unspecified atom stereocenters. The molecule has 3 N–H and O–H groups in total. The third-order valence-electron chi connectivity index (χ3n) is 3.52. The van der Waals surface area contributed by atoms with Crippen LogP contribution in [0.1, 0.15) is 63.6 Å². The van der Waals surface area contributed by atoms with Gasteiger partial charge in [0.1, 0.15) is 5.82 Å². The summed E-state index contributed by atoms with van der Waals surface area (Å²) >= 11 is 0. The zero-order valence-electron chi connectivity index (χ0n) is 9.93. The number of nitrogens with zero attached hydrogens (tertiary/aromatic N) is 1. The molecular weight excluding hydrogens is 186 g/mol. The van der Waals surface area contributed by atoms with E-state index in [-0.39, 0.29) is 0 Å². The quantitative estimate of drug-likeness (QED) is 0.797. The van der Waals surface area contributed by atoms with E-state index in [0.29, 0.717) is 17.2 Å². The highest BCUT2D eigenvalue weighted by atomic mass is 15.2. The molecule has 1 fully saturated rings. The van der Waals surface area contributed by atoms with Gasteiger partial charge in [-0.2, -0.15) is 5.10 Å². The van der Waals surface area contributed by atoms with Crippen LogP contribution >= 0.6 is 0 Å². The van der Waals surface area contributed by atoms with Gasteiger partial charge in [-0.05, 0) is 25.2 Å². The van der Waals surface area contributed by atoms with Crippen molar-refractivity contribution in [3.8, 4) is 0 Å². The number of H-pyrrole nitrogens is 1. The van der Waals surface area contributed by atoms with Crippen molar-refractivity contribution in [2.75, 3.05) is 5.73 Å². The maximum Gasteiger partial charge on any atom is 0.148 e. The second kappa shape index (κ2) is 3.54. The van der Waals surface area contributed by atoms with Gasteiger partial charge in [-0.15, -0.1) is 0 Å². The maximum absolute atomic E-state index is 5.92. The Labute approximate surface area is 91.4 Å². The second-order valence-electron chi connectivity index (χ2n) is 5.08. The molecule has 0 atom stereocenters. The van der Waals surface area contributed by atoms with Crippen molar-refractivity contribution < 1.29 is 0 Å². The third-order valence-corrected chi connectivity index (χ3v) is 3.52. The summed E-state index contributed by atoms with van der Waals surface area (Å²) in [5, 5.41) is 7.35. The topological polar surface area (TPSA) is 54.7 Å². The molecular formula is C12H21N3. The number of aromatic amines is 1. The Morgan fingerprint density at radius 1 is 1.47 bits per heavy atom. The molecule has 0 saturated heterocycles. The zero-order valence-corrected chi connectivity index (χ0v) is 9.93. The average Bonchev–Trinajstić information content (AvgIpc) is 2.82. The molecule has 1 saturated carbocycles. The first kappa shape index (κ1) is 10.5. The van der Waals surface area contributed by atoms with Gasteiger partial charge < -0.3 is 5.73 Å². The van der Waals surface area contributed by atoms with E-state index in [9.17, 15) is 0 Å². The number of hydrogen-bond acceptors (Lipinski definition) is 2. The van der Waals surface area contributed by atoms with E-state index < -0.39 is 0 Å². The van der Waals surface area contributed by atoms with E-state index in [4.69, 9.17) is 5.73 Å². The Bertz CT molecular complexity index is 348. The standard InChI is InChI=1S/C12H21N3/c1-4-5-12(6-7-12)10-9(8(2)3)11(13)15-14-10/h8H,4-7H2,1-3H3,(H3,13,14,15). The molecule has 0 amide bonds. The van der Waals surface area contributed by atoms with E-state index in [1.807, 2.05) is 0 Å². The van der Waals surface area contributed by atoms with Crippen LogP contribution in [0.3, 0.4) is 0 Å². The summed E-state index contributed by atoms with van der Waals surface area (Å²) < 4.78 is 0. The highest BCUT2D eigenvalue weighted by Gasteiger charge is 2.46. The molecule has 2 rings (SSSR count). The number of nitrogens with two attached hydrogens (primary N) is 1. The fraction of sp³-hybridized carbons (Fsp3) is 0.750. The largest absolute Gasteiger partial charge is 0.382 e. The summed E-state index contributed by atoms with van der Waals surface area (Å²) in [6.07, 6.45) is 5.08. The molecule has 0 radical (unpaired) electrons. The molecule has 1 aromatic rings. The van der Waals surface area contributed by atoms with Crippen LogP contribution in [0.15, 0.2) is 0 Å². The van der Waals surface area contributed by atoms with Crippen molar-refractivity contribution in [1.29, 1.82) is 0 Å². The monoisotopic (exact) mass is 207 g/mol. The molecule has 1 aliphatic carbocycles. The Kier molecular flexibility index (Phi) is 2.49. The van der Waals surface area contributed by atoms with Crippen LogP contribution in [0.25, 0.3) is 0 Å². The van der Waals surface area contributed by atoms with Crippen molar-refractivity contribution >= 4 is 5.82 Å². The third kappa shape index (κ3) is 1.64. The van der Waals surface area contributed by atoms with Gasteiger partial charge in [0.15, 0.2) is 0 Å². The first-order chi connectivity index (χ1) is 7.10. The van der Waals surface area contributed by atoms with E-state index in [0.717, 1.165) is 0 Å². The zero-order chi connectivity index (χ0) is 11.1. The van der Waals surface area contributed by atoms with Gasteiger partial charge in [0, 0.05) is 16.7 Å². The van der Waals surface area contributed by atoms with E-state index in [1.54, 1.807) is 0 Å². The van der Waals surface area contributed by atoms with Gasteiger partial charge in [0.2, 0.25) is 0 Å². The Balaban J connectivity index is 2.36. The van der Waals surface area contributed by atoms with Crippen molar-refractivity contribution in [3.63, 3.8) is 0 Å². The van der Waals surface area contributed by atoms with Crippen LogP contribution < -0.4 is 5.73 Å². The minimum atomic E-state index is 0.388. The second-order valence-corrected chi connectivity index (χ2v) is 5.08. The highest BCUT2D eigenvalue weighted by molar-refractivity contribution is 5.48. The smallest absolute Gasteiger partial charge is 0.148 e. The van der Waals surface area contributed by atoms with Crippen molar-refractivity contribution in [1.82, 2.24) is 10.2 Å². The molecule has 1 heterocycles. The molecule has 0 spiro atoms. The lowest BCUT2D eigenvalue weighted by atomic mass is 9.89. The van der Waals surface area contributed by atoms with Crippen LogP contribution in [0, 0.1) is 0 Å². The van der Waals surface area contributed by atoms with Gasteiger partial charge in [-0.25, -0.2) is 0 Å². The van der Waals surface area contributed by atoms with Crippen LogP contribution in [0.2, 0.25) is 0 Å². The van der Waals surface area contributed by atoms with Crippen LogP contribution in [0.5, 0.6) is 0 Å². The molecule has 0 bridgehead atoms. The first-order valence-electron chi connectivity index (χ1n) is 5.95. The van der Waals surface area contributed by atoms with E-state index in [2.05, 4.69) is 31.0 Å². The highest BCUT2D eigenvalue weighted by Crippen LogP contribution is 2.53. The van der Waals surface area contributed by atoms with E-state index >= 15 is 0 Å². The fourth-order valence-electron chi connectivity index (χ4n) is 2.61. The normalized spacial score (nSPS) is 18.4. The first-order valence-corrected chi connectivity index (χ1v) is 5.95. The van der Waals surface area contributed by atoms with Crippen molar-refractivity contribution in [2.45, 2.75) is 57.8 Å². The number of nitrogen functional groups attached to an aromatic ring is 1. The molecule has 1 aliphatic rings. The predicted molar refractivity (Wildman–Crippen MR) is 62.9 cm³/mol. The Morgan fingerprint density at radius 2 is 2.13 bits per heavy atom. The summed E-state index contributed by atoms with van der Waals surface area (Å²) in [5.74, 6) is 1.16. The van der Waals surface area contributed by atoms with Gasteiger partial charge in [0.25, 0.3) is 0 Å². The Hall–Kier alpha value is -0.990. The molecule has 3 nitrogen and oxygen atoms in total. The number of anilines is 1. The van der Waals surface area contributed by atoms with Crippen LogP contribution in [-0.2, 0) is 5.41 Å². The van der Waals surface area contributed by atoms with Gasteiger partial charge in [-0.1, -0.05) is 27.2 Å². The van der Waals surface area contributed by atoms with Crippen LogP contribution in [-0.4, -0.2) is 10.2 Å². The Morgan fingerprint density at radius 3 is 2.60 bits per heavy atom. The fourth-order valence-corrected chi connectivity index (χ4v) is 2.61. The van der Waals surface area contributed by atoms with Gasteiger partial charge in [0.05, 0.1) is 0 Å². The van der Waals surface area contributed by atoms with Crippen molar-refractivity contribution in [3.05, 3.63) is 11.3 Å². The summed E-state index contributed by atoms with van der Waals surface area (Å²) in [4.78, 5) is 0. The summed E-state index contributed by atoms with van der Waals surface area (Å²) in [6.45, 7) is 6.62. The number of aromatic nitrogens is 2. The minimum Gasteiger partial charge on any atom is -0.382 e. The molecule has 0 aliphatic heterocycles. The van der Waals surface area contributed by atoms with Gasteiger partial charge >= 0.3 is 0 Å². The molecule has 84 valence electrons. The lowest BCUT2D eigenvalue weighted by Crippen LogP contribution is -2.10. The van der Waals surface area contributed by atoms with Gasteiger partial charge in [-0.3, -0.25) is 5.10 Å². The summed E-state index contributed by atoms with van der Waals surface area (Å²) in [5.41, 5.74) is 8.88. The molecule has 0 aromatic carbocycles. The van der Waals surface area contributed by atoms with Crippen molar-refractivity contribution in [2.24, 2.45) is 0 Å². The number of nitrogens with one attached hydrogen (secondary N) is 1. The lowest BCUT2D eigenvalue weighted by molar-refractivity contribution is 0.578. The molecule has 15 heavy (non-hydrogen) atoms. The summed E-state index contributed by atoms with van der Waals surface area (Å²) in [6, 6.07) is 0. The molecule has 3 heteroatoms. The predicted octanol–water partition coefficient (Wildman–Crippen LogP) is 2.95. The number of hydrogen-bond donors (Lipinski definition) is 2. The number of rotatable bonds is 4. The minimum absolute atomic E-state index is 0.388. The maximum atomic E-state index is 5.92. The lowest BCUT2D eigenvalue weighted by Gasteiger charge is -2.16. The summed E-state index contributed by atoms with van der Waals surface area (Å²) in [7, 11) is 0.